The lowest BCUT2D eigenvalue weighted by Crippen LogP contribution is -2.27. The van der Waals surface area contributed by atoms with Gasteiger partial charge in [-0.15, -0.1) is 11.8 Å². The molecule has 1 N–H and O–H groups in total. The minimum atomic E-state index is -0.0775. The van der Waals surface area contributed by atoms with Crippen LogP contribution in [0.25, 0.3) is 0 Å². The zero-order valence-corrected chi connectivity index (χ0v) is 19.0. The molecule has 0 radical (unpaired) electrons. The number of aryl methyl sites for hydroxylation is 1. The smallest absolute Gasteiger partial charge is 0.238 e. The van der Waals surface area contributed by atoms with Crippen molar-refractivity contribution in [2.45, 2.75) is 25.1 Å². The molecule has 1 atom stereocenters. The van der Waals surface area contributed by atoms with Gasteiger partial charge < -0.3 is 10.1 Å². The molecule has 1 saturated heterocycles. The third-order valence-corrected chi connectivity index (χ3v) is 6.68. The number of hydrogen-bond donors (Lipinski definition) is 1. The monoisotopic (exact) mass is 446 g/mol. The highest BCUT2D eigenvalue weighted by molar-refractivity contribution is 8.00. The van der Waals surface area contributed by atoms with E-state index in [0.29, 0.717) is 12.2 Å². The Morgan fingerprint density at radius 1 is 1.06 bits per heavy atom. The predicted octanol–water partition coefficient (Wildman–Crippen LogP) is 5.22. The zero-order valence-electron chi connectivity index (χ0n) is 18.2. The van der Waals surface area contributed by atoms with E-state index in [1.54, 1.807) is 18.9 Å². The van der Waals surface area contributed by atoms with Gasteiger partial charge in [-0.05, 0) is 59.5 Å². The molecule has 1 aliphatic rings. The lowest BCUT2D eigenvalue weighted by Gasteiger charge is -2.25. The minimum Gasteiger partial charge on any atom is -0.497 e. The van der Waals surface area contributed by atoms with Crippen molar-refractivity contribution >= 4 is 35.0 Å². The van der Waals surface area contributed by atoms with Crippen LogP contribution in [-0.4, -0.2) is 24.7 Å². The van der Waals surface area contributed by atoms with E-state index in [4.69, 9.17) is 4.74 Å². The summed E-state index contributed by atoms with van der Waals surface area (Å²) in [6.07, 6.45) is 1.22. The Kier molecular flexibility index (Phi) is 6.81. The predicted molar refractivity (Wildman–Crippen MR) is 130 cm³/mol. The maximum Gasteiger partial charge on any atom is 0.238 e. The number of ether oxygens (including phenoxy) is 1. The van der Waals surface area contributed by atoms with Crippen LogP contribution in [0, 0.1) is 0 Å². The van der Waals surface area contributed by atoms with E-state index in [0.717, 1.165) is 34.7 Å². The number of amides is 2. The van der Waals surface area contributed by atoms with Crippen molar-refractivity contribution in [2.75, 3.05) is 23.1 Å². The summed E-state index contributed by atoms with van der Waals surface area (Å²) in [5.74, 6) is 1.27. The largest absolute Gasteiger partial charge is 0.497 e. The van der Waals surface area contributed by atoms with Gasteiger partial charge >= 0.3 is 0 Å². The van der Waals surface area contributed by atoms with Crippen molar-refractivity contribution in [1.82, 2.24) is 0 Å². The second-order valence-corrected chi connectivity index (χ2v) is 8.71. The first kappa shape index (κ1) is 22.0. The topological polar surface area (TPSA) is 58.6 Å². The van der Waals surface area contributed by atoms with Crippen molar-refractivity contribution in [3.8, 4) is 5.75 Å². The summed E-state index contributed by atoms with van der Waals surface area (Å²) in [5.41, 5.74) is 4.84. The van der Waals surface area contributed by atoms with Crippen molar-refractivity contribution in [3.63, 3.8) is 0 Å². The second kappa shape index (κ2) is 9.92. The molecule has 3 aromatic carbocycles. The van der Waals surface area contributed by atoms with Crippen LogP contribution in [0.1, 0.15) is 29.0 Å². The molecular weight excluding hydrogens is 420 g/mol. The van der Waals surface area contributed by atoms with Crippen LogP contribution in [0.4, 0.5) is 11.4 Å². The Morgan fingerprint density at radius 2 is 1.81 bits per heavy atom. The molecule has 0 aromatic heterocycles. The van der Waals surface area contributed by atoms with Gasteiger partial charge in [-0.3, -0.25) is 14.5 Å². The van der Waals surface area contributed by atoms with Crippen LogP contribution in [0.2, 0.25) is 0 Å². The minimum absolute atomic E-state index is 0.0707. The Balaban J connectivity index is 1.44. The Bertz CT molecular complexity index is 1100. The van der Waals surface area contributed by atoms with Crippen LogP contribution in [0.15, 0.2) is 72.8 Å². The normalized spacial score (nSPS) is 15.6. The summed E-state index contributed by atoms with van der Waals surface area (Å²) in [7, 11) is 1.62. The third-order valence-electron chi connectivity index (χ3n) is 5.47. The SMILES string of the molecule is CCc1cccc(N2C(=O)CSC2c2ccc(NC(=O)Cc3ccc(OC)cc3)cc2)c1. The molecule has 0 aliphatic carbocycles. The maximum absolute atomic E-state index is 12.6. The van der Waals surface area contributed by atoms with Gasteiger partial charge in [-0.2, -0.15) is 0 Å². The molecule has 6 heteroatoms. The number of hydrogen-bond acceptors (Lipinski definition) is 4. The number of nitrogens with zero attached hydrogens (tertiary/aromatic N) is 1. The standard InChI is InChI=1S/C26H26N2O3S/c1-3-18-5-4-6-22(15-18)28-25(30)17-32-26(28)20-9-11-21(12-10-20)27-24(29)16-19-7-13-23(31-2)14-8-19/h4-15,26H,3,16-17H2,1-2H3,(H,27,29). The summed E-state index contributed by atoms with van der Waals surface area (Å²) in [4.78, 5) is 26.9. The van der Waals surface area contributed by atoms with Gasteiger partial charge in [0, 0.05) is 11.4 Å². The first-order chi connectivity index (χ1) is 15.6. The Morgan fingerprint density at radius 3 is 2.50 bits per heavy atom. The summed E-state index contributed by atoms with van der Waals surface area (Å²) < 4.78 is 5.15. The fraction of sp³-hybridized carbons (Fsp3) is 0.231. The highest BCUT2D eigenvalue weighted by atomic mass is 32.2. The summed E-state index contributed by atoms with van der Waals surface area (Å²) >= 11 is 1.62. The zero-order chi connectivity index (χ0) is 22.5. The van der Waals surface area contributed by atoms with Crippen molar-refractivity contribution in [2.24, 2.45) is 0 Å². The fourth-order valence-electron chi connectivity index (χ4n) is 3.74. The van der Waals surface area contributed by atoms with E-state index in [9.17, 15) is 9.59 Å². The number of carbonyl (C=O) groups excluding carboxylic acids is 2. The first-order valence-corrected chi connectivity index (χ1v) is 11.7. The molecule has 1 fully saturated rings. The molecule has 1 unspecified atom stereocenters. The highest BCUT2D eigenvalue weighted by Gasteiger charge is 2.34. The molecule has 3 aromatic rings. The highest BCUT2D eigenvalue weighted by Crippen LogP contribution is 2.42. The molecule has 164 valence electrons. The van der Waals surface area contributed by atoms with Gasteiger partial charge in [0.2, 0.25) is 11.8 Å². The number of methoxy groups -OCH3 is 1. The van der Waals surface area contributed by atoms with Gasteiger partial charge in [0.15, 0.2) is 0 Å². The van der Waals surface area contributed by atoms with Crippen LogP contribution in [-0.2, 0) is 22.4 Å². The molecular formula is C26H26N2O3S. The van der Waals surface area contributed by atoms with Crippen molar-refractivity contribution in [3.05, 3.63) is 89.5 Å². The molecule has 2 amide bonds. The van der Waals surface area contributed by atoms with E-state index in [1.165, 1.54) is 5.56 Å². The van der Waals surface area contributed by atoms with Gasteiger partial charge in [0.25, 0.3) is 0 Å². The van der Waals surface area contributed by atoms with Gasteiger partial charge in [0.1, 0.15) is 11.1 Å². The number of carbonyl (C=O) groups is 2. The number of thioether (sulfide) groups is 1. The number of nitrogens with one attached hydrogen (secondary N) is 1. The molecule has 5 nitrogen and oxygen atoms in total. The van der Waals surface area contributed by atoms with Gasteiger partial charge in [-0.25, -0.2) is 0 Å². The first-order valence-electron chi connectivity index (χ1n) is 10.6. The van der Waals surface area contributed by atoms with E-state index < -0.39 is 0 Å². The number of benzene rings is 3. The van der Waals surface area contributed by atoms with E-state index in [2.05, 4.69) is 24.4 Å². The van der Waals surface area contributed by atoms with E-state index >= 15 is 0 Å². The maximum atomic E-state index is 12.6. The lowest BCUT2D eigenvalue weighted by molar-refractivity contribution is -0.116. The average Bonchev–Trinajstić information content (AvgIpc) is 3.21. The Hall–Kier alpha value is -3.25. The van der Waals surface area contributed by atoms with Crippen LogP contribution >= 0.6 is 11.8 Å². The lowest BCUT2D eigenvalue weighted by atomic mass is 10.1. The number of anilines is 2. The molecule has 1 heterocycles. The second-order valence-electron chi connectivity index (χ2n) is 7.65. The number of rotatable bonds is 7. The molecule has 0 bridgehead atoms. The molecule has 0 saturated carbocycles. The van der Waals surface area contributed by atoms with Crippen LogP contribution < -0.4 is 15.0 Å². The third kappa shape index (κ3) is 4.97. The molecule has 32 heavy (non-hydrogen) atoms. The van der Waals surface area contributed by atoms with Gasteiger partial charge in [0.05, 0.1) is 19.3 Å². The summed E-state index contributed by atoms with van der Waals surface area (Å²) in [6, 6.07) is 23.4. The summed E-state index contributed by atoms with van der Waals surface area (Å²) in [5, 5.41) is 2.88. The average molecular weight is 447 g/mol. The van der Waals surface area contributed by atoms with E-state index in [1.807, 2.05) is 65.6 Å². The van der Waals surface area contributed by atoms with Crippen LogP contribution in [0.5, 0.6) is 5.75 Å². The van der Waals surface area contributed by atoms with Crippen LogP contribution in [0.3, 0.4) is 0 Å². The van der Waals surface area contributed by atoms with Crippen molar-refractivity contribution < 1.29 is 14.3 Å². The summed E-state index contributed by atoms with van der Waals surface area (Å²) in [6.45, 7) is 2.11. The quantitative estimate of drug-likeness (QED) is 0.541. The van der Waals surface area contributed by atoms with E-state index in [-0.39, 0.29) is 17.2 Å². The van der Waals surface area contributed by atoms with Crippen molar-refractivity contribution in [1.29, 1.82) is 0 Å². The Labute approximate surface area is 192 Å². The van der Waals surface area contributed by atoms with Gasteiger partial charge in [-0.1, -0.05) is 43.3 Å². The molecule has 1 aliphatic heterocycles. The molecule has 4 rings (SSSR count). The molecule has 0 spiro atoms. The fourth-order valence-corrected chi connectivity index (χ4v) is 4.92.